The zero-order valence-corrected chi connectivity index (χ0v) is 13.9. The van der Waals surface area contributed by atoms with Crippen LogP contribution in [0.25, 0.3) is 0 Å². The third-order valence-corrected chi connectivity index (χ3v) is 4.05. The molecular formula is C16H14ClFN2O4. The molecule has 2 N–H and O–H groups in total. The van der Waals surface area contributed by atoms with E-state index in [0.717, 1.165) is 0 Å². The van der Waals surface area contributed by atoms with E-state index in [-0.39, 0.29) is 16.3 Å². The molecule has 0 radical (unpaired) electrons. The van der Waals surface area contributed by atoms with Gasteiger partial charge < -0.3 is 15.0 Å². The molecule has 0 saturated carbocycles. The maximum absolute atomic E-state index is 13.3. The highest BCUT2D eigenvalue weighted by atomic mass is 35.5. The average molecular weight is 353 g/mol. The average Bonchev–Trinajstić information content (AvgIpc) is 2.72. The lowest BCUT2D eigenvalue weighted by molar-refractivity contribution is -0.131. The van der Waals surface area contributed by atoms with Crippen LogP contribution in [0.5, 0.6) is 0 Å². The van der Waals surface area contributed by atoms with Crippen molar-refractivity contribution >= 4 is 34.9 Å². The molecule has 2 rings (SSSR count). The number of halogens is 2. The van der Waals surface area contributed by atoms with Crippen molar-refractivity contribution in [1.82, 2.24) is 4.57 Å². The number of hydrogen-bond acceptors (Lipinski definition) is 3. The lowest BCUT2D eigenvalue weighted by Gasteiger charge is -2.07. The number of nitrogens with one attached hydrogen (secondary N) is 1. The fourth-order valence-electron chi connectivity index (χ4n) is 2.29. The van der Waals surface area contributed by atoms with E-state index < -0.39 is 23.5 Å². The summed E-state index contributed by atoms with van der Waals surface area (Å²) in [5.74, 6) is -3.90. The summed E-state index contributed by atoms with van der Waals surface area (Å²) in [7, 11) is 1.44. The third-order valence-electron chi connectivity index (χ3n) is 3.68. The van der Waals surface area contributed by atoms with E-state index in [9.17, 15) is 18.8 Å². The van der Waals surface area contributed by atoms with E-state index in [1.165, 1.54) is 36.7 Å². The fourth-order valence-corrected chi connectivity index (χ4v) is 2.73. The quantitative estimate of drug-likeness (QED) is 0.654. The van der Waals surface area contributed by atoms with Crippen LogP contribution in [-0.4, -0.2) is 27.3 Å². The Labute approximate surface area is 141 Å². The smallest absolute Gasteiger partial charge is 0.378 e. The number of carboxylic acids is 1. The Morgan fingerprint density at radius 2 is 1.88 bits per heavy atom. The Morgan fingerprint density at radius 3 is 2.42 bits per heavy atom. The fraction of sp³-hybridized carbons (Fsp3) is 0.188. The van der Waals surface area contributed by atoms with Crippen molar-refractivity contribution < 1.29 is 23.9 Å². The van der Waals surface area contributed by atoms with Crippen molar-refractivity contribution in [2.24, 2.45) is 7.05 Å². The molecule has 0 fully saturated rings. The number of carbonyl (C=O) groups is 3. The first-order chi connectivity index (χ1) is 11.1. The summed E-state index contributed by atoms with van der Waals surface area (Å²) < 4.78 is 14.5. The summed E-state index contributed by atoms with van der Waals surface area (Å²) in [6.07, 6.45) is 0. The van der Waals surface area contributed by atoms with Gasteiger partial charge in [-0.25, -0.2) is 9.18 Å². The molecule has 8 heteroatoms. The molecule has 0 spiro atoms. The van der Waals surface area contributed by atoms with E-state index >= 15 is 0 Å². The number of Topliss-reactive ketones (excluding diaryl/α,β-unsaturated/α-hetero) is 1. The minimum atomic E-state index is -1.67. The van der Waals surface area contributed by atoms with E-state index in [2.05, 4.69) is 5.32 Å². The van der Waals surface area contributed by atoms with Crippen LogP contribution in [0.4, 0.5) is 10.1 Å². The molecule has 1 aromatic carbocycles. The maximum atomic E-state index is 13.3. The van der Waals surface area contributed by atoms with E-state index in [1.807, 2.05) is 0 Å². The van der Waals surface area contributed by atoms with Gasteiger partial charge >= 0.3 is 5.97 Å². The predicted octanol–water partition coefficient (Wildman–Crippen LogP) is 2.95. The molecule has 24 heavy (non-hydrogen) atoms. The number of nitrogens with zero attached hydrogens (tertiary/aromatic N) is 1. The number of rotatable bonds is 4. The number of ketones is 1. The summed E-state index contributed by atoms with van der Waals surface area (Å²) in [4.78, 5) is 35.1. The van der Waals surface area contributed by atoms with Gasteiger partial charge in [0.1, 0.15) is 11.5 Å². The van der Waals surface area contributed by atoms with Gasteiger partial charge in [0.15, 0.2) is 0 Å². The minimum Gasteiger partial charge on any atom is -0.475 e. The van der Waals surface area contributed by atoms with Gasteiger partial charge in [-0.1, -0.05) is 11.6 Å². The molecular weight excluding hydrogens is 339 g/mol. The van der Waals surface area contributed by atoms with Crippen LogP contribution in [0, 0.1) is 19.7 Å². The number of hydrogen-bond donors (Lipinski definition) is 2. The molecule has 0 aliphatic rings. The van der Waals surface area contributed by atoms with Crippen molar-refractivity contribution in [3.8, 4) is 0 Å². The summed E-state index contributed by atoms with van der Waals surface area (Å²) in [6, 6.07) is 4.04. The molecule has 0 saturated heterocycles. The van der Waals surface area contributed by atoms with Crippen molar-refractivity contribution in [3.63, 3.8) is 0 Å². The van der Waals surface area contributed by atoms with Gasteiger partial charge in [0.25, 0.3) is 11.7 Å². The minimum absolute atomic E-state index is 0.00857. The molecule has 0 unspecified atom stereocenters. The first kappa shape index (κ1) is 17.7. The highest BCUT2D eigenvalue weighted by molar-refractivity contribution is 6.46. The van der Waals surface area contributed by atoms with Gasteiger partial charge in [-0.2, -0.15) is 0 Å². The number of anilines is 1. The Morgan fingerprint density at radius 1 is 1.25 bits per heavy atom. The molecule has 1 amide bonds. The van der Waals surface area contributed by atoms with Crippen LogP contribution in [-0.2, 0) is 11.8 Å². The van der Waals surface area contributed by atoms with E-state index in [4.69, 9.17) is 16.7 Å². The monoisotopic (exact) mass is 352 g/mol. The Balaban J connectivity index is 2.43. The van der Waals surface area contributed by atoms with E-state index in [1.54, 1.807) is 6.92 Å². The second-order valence-electron chi connectivity index (χ2n) is 5.23. The van der Waals surface area contributed by atoms with Crippen molar-refractivity contribution in [2.75, 3.05) is 5.32 Å². The summed E-state index contributed by atoms with van der Waals surface area (Å²) >= 11 is 6.07. The van der Waals surface area contributed by atoms with Crippen LogP contribution in [0.2, 0.25) is 5.02 Å². The van der Waals surface area contributed by atoms with Gasteiger partial charge in [-0.3, -0.25) is 9.59 Å². The molecule has 1 aromatic heterocycles. The first-order valence-electron chi connectivity index (χ1n) is 6.85. The first-order valence-corrected chi connectivity index (χ1v) is 7.22. The Hall–Kier alpha value is -2.67. The van der Waals surface area contributed by atoms with Gasteiger partial charge in [0.2, 0.25) is 0 Å². The zero-order chi connectivity index (χ0) is 18.2. The number of aromatic nitrogens is 1. The summed E-state index contributed by atoms with van der Waals surface area (Å²) in [6.45, 7) is 3.09. The van der Waals surface area contributed by atoms with Gasteiger partial charge in [0.05, 0.1) is 10.6 Å². The Bertz CT molecular complexity index is 873. The van der Waals surface area contributed by atoms with Crippen molar-refractivity contribution in [1.29, 1.82) is 0 Å². The van der Waals surface area contributed by atoms with E-state index in [0.29, 0.717) is 16.9 Å². The lowest BCUT2D eigenvalue weighted by atomic mass is 10.1. The van der Waals surface area contributed by atoms with Crippen LogP contribution in [0.3, 0.4) is 0 Å². The molecule has 1 heterocycles. The number of benzene rings is 1. The molecule has 0 atom stereocenters. The SMILES string of the molecule is Cc1cc(NC(=O)c2c(Cl)c(C(=O)C(=O)O)n(C)c2C)ccc1F. The summed E-state index contributed by atoms with van der Waals surface area (Å²) in [5, 5.41) is 11.2. The van der Waals surface area contributed by atoms with Gasteiger partial charge in [-0.05, 0) is 37.6 Å². The molecule has 2 aromatic rings. The van der Waals surface area contributed by atoms with Crippen molar-refractivity contribution in [2.45, 2.75) is 13.8 Å². The van der Waals surface area contributed by atoms with Crippen molar-refractivity contribution in [3.05, 3.63) is 51.6 Å². The maximum Gasteiger partial charge on any atom is 0.378 e. The van der Waals surface area contributed by atoms with Gasteiger partial charge in [0, 0.05) is 18.4 Å². The third kappa shape index (κ3) is 3.03. The number of amides is 1. The molecule has 0 bridgehead atoms. The number of aliphatic carboxylic acids is 1. The van der Waals surface area contributed by atoms with Gasteiger partial charge in [-0.15, -0.1) is 0 Å². The van der Waals surface area contributed by atoms with Crippen LogP contribution < -0.4 is 5.32 Å². The normalized spacial score (nSPS) is 10.5. The largest absolute Gasteiger partial charge is 0.475 e. The number of carboxylic acid groups (broad SMARTS) is 1. The number of aryl methyl sites for hydroxylation is 1. The highest BCUT2D eigenvalue weighted by Gasteiger charge is 2.29. The standard InChI is InChI=1S/C16H14ClFN2O4/c1-7-6-9(4-5-10(7)18)19-15(22)11-8(2)20(3)13(12(11)17)14(21)16(23)24/h4-6H,1-3H3,(H,19,22)(H,23,24). The highest BCUT2D eigenvalue weighted by Crippen LogP contribution is 2.28. The topological polar surface area (TPSA) is 88.4 Å². The molecule has 6 nitrogen and oxygen atoms in total. The molecule has 0 aliphatic heterocycles. The molecule has 126 valence electrons. The lowest BCUT2D eigenvalue weighted by Crippen LogP contribution is -2.17. The zero-order valence-electron chi connectivity index (χ0n) is 13.1. The second-order valence-corrected chi connectivity index (χ2v) is 5.61. The molecule has 0 aliphatic carbocycles. The van der Waals surface area contributed by atoms with Crippen LogP contribution >= 0.6 is 11.6 Å². The number of carbonyl (C=O) groups excluding carboxylic acids is 2. The Kier molecular flexibility index (Phi) is 4.75. The summed E-state index contributed by atoms with van der Waals surface area (Å²) in [5.41, 5.74) is 0.753. The van der Waals surface area contributed by atoms with Crippen LogP contribution in [0.15, 0.2) is 18.2 Å². The second kappa shape index (κ2) is 6.45. The van der Waals surface area contributed by atoms with Crippen LogP contribution in [0.1, 0.15) is 32.1 Å². The predicted molar refractivity (Wildman–Crippen MR) is 86.2 cm³/mol.